The van der Waals surface area contributed by atoms with Gasteiger partial charge in [0.2, 0.25) is 0 Å². The lowest BCUT2D eigenvalue weighted by atomic mass is 9.71. The largest absolute Gasteiger partial charge is 0.444 e. The highest BCUT2D eigenvalue weighted by Crippen LogP contribution is 2.37. The third-order valence-electron chi connectivity index (χ3n) is 3.86. The molecule has 1 aliphatic heterocycles. The maximum atomic E-state index is 11.8. The van der Waals surface area contributed by atoms with Crippen LogP contribution in [0.25, 0.3) is 0 Å². The summed E-state index contributed by atoms with van der Waals surface area (Å²) >= 11 is 0. The van der Waals surface area contributed by atoms with E-state index >= 15 is 0 Å². The fraction of sp³-hybridized carbons (Fsp3) is 0.923. The molecular weight excluding hydrogens is 232 g/mol. The fourth-order valence-electron chi connectivity index (χ4n) is 2.52. The number of nitrogens with two attached hydrogens (primary N) is 1. The molecule has 0 radical (unpaired) electrons. The van der Waals surface area contributed by atoms with Crippen molar-refractivity contribution in [2.45, 2.75) is 57.3 Å². The number of carbonyl (C=O) groups is 1. The number of β-amino-alcohol motifs (C(OH)–C–C–N with tert-alkyl or cyclic N) is 1. The maximum Gasteiger partial charge on any atom is 0.410 e. The van der Waals surface area contributed by atoms with E-state index in [2.05, 4.69) is 0 Å². The van der Waals surface area contributed by atoms with Crippen LogP contribution in [0.15, 0.2) is 0 Å². The van der Waals surface area contributed by atoms with E-state index in [0.29, 0.717) is 19.0 Å². The van der Waals surface area contributed by atoms with Gasteiger partial charge in [-0.3, -0.25) is 0 Å². The number of nitrogens with zero attached hydrogens (tertiary/aromatic N) is 1. The zero-order chi connectivity index (χ0) is 13.6. The van der Waals surface area contributed by atoms with Crippen molar-refractivity contribution in [2.75, 3.05) is 13.1 Å². The van der Waals surface area contributed by atoms with Gasteiger partial charge in [0.15, 0.2) is 0 Å². The second-order valence-corrected chi connectivity index (χ2v) is 6.66. The lowest BCUT2D eigenvalue weighted by Gasteiger charge is -2.52. The summed E-state index contributed by atoms with van der Waals surface area (Å²) in [6, 6.07) is -0.218. The predicted molar refractivity (Wildman–Crippen MR) is 68.1 cm³/mol. The number of rotatable bonds is 2. The van der Waals surface area contributed by atoms with E-state index in [1.54, 1.807) is 0 Å². The normalized spacial score (nSPS) is 25.1. The summed E-state index contributed by atoms with van der Waals surface area (Å²) in [7, 11) is 0. The van der Waals surface area contributed by atoms with Crippen LogP contribution in [-0.2, 0) is 4.74 Å². The van der Waals surface area contributed by atoms with Crippen molar-refractivity contribution in [1.82, 2.24) is 4.90 Å². The van der Waals surface area contributed by atoms with Crippen molar-refractivity contribution in [2.24, 2.45) is 11.7 Å². The van der Waals surface area contributed by atoms with Crippen LogP contribution in [0.1, 0.15) is 40.0 Å². The summed E-state index contributed by atoms with van der Waals surface area (Å²) in [5.74, 6) is 0.413. The molecule has 0 aromatic rings. The van der Waals surface area contributed by atoms with E-state index < -0.39 is 11.2 Å². The molecule has 2 rings (SSSR count). The van der Waals surface area contributed by atoms with Gasteiger partial charge in [0.05, 0.1) is 13.1 Å². The molecule has 5 heteroatoms. The molecule has 0 aromatic carbocycles. The molecule has 1 atom stereocenters. The van der Waals surface area contributed by atoms with Crippen molar-refractivity contribution in [3.63, 3.8) is 0 Å². The molecule has 0 spiro atoms. The van der Waals surface area contributed by atoms with E-state index in [4.69, 9.17) is 10.5 Å². The van der Waals surface area contributed by atoms with Gasteiger partial charge in [0, 0.05) is 6.04 Å². The van der Waals surface area contributed by atoms with Gasteiger partial charge in [0.25, 0.3) is 0 Å². The van der Waals surface area contributed by atoms with E-state index in [0.717, 1.165) is 12.8 Å². The third kappa shape index (κ3) is 2.62. The number of carbonyl (C=O) groups excluding carboxylic acids is 1. The summed E-state index contributed by atoms with van der Waals surface area (Å²) in [6.45, 7) is 6.07. The zero-order valence-corrected chi connectivity index (χ0v) is 11.5. The molecule has 1 aliphatic carbocycles. The summed E-state index contributed by atoms with van der Waals surface area (Å²) in [6.07, 6.45) is 3.02. The molecule has 5 nitrogen and oxygen atoms in total. The van der Waals surface area contributed by atoms with E-state index in [-0.39, 0.29) is 12.1 Å². The first-order chi connectivity index (χ1) is 8.21. The van der Waals surface area contributed by atoms with Gasteiger partial charge < -0.3 is 20.5 Å². The van der Waals surface area contributed by atoms with Crippen LogP contribution >= 0.6 is 0 Å². The quantitative estimate of drug-likeness (QED) is 0.775. The maximum absolute atomic E-state index is 11.8. The average molecular weight is 256 g/mol. The minimum absolute atomic E-state index is 0.218. The third-order valence-corrected chi connectivity index (χ3v) is 3.86. The molecule has 3 N–H and O–H groups in total. The zero-order valence-electron chi connectivity index (χ0n) is 11.5. The number of amides is 1. The summed E-state index contributed by atoms with van der Waals surface area (Å²) in [5, 5.41) is 10.4. The molecule has 0 aromatic heterocycles. The Balaban J connectivity index is 1.83. The van der Waals surface area contributed by atoms with E-state index in [1.807, 2.05) is 20.8 Å². The van der Waals surface area contributed by atoms with Gasteiger partial charge in [-0.2, -0.15) is 0 Å². The first-order valence-corrected chi connectivity index (χ1v) is 6.67. The van der Waals surface area contributed by atoms with Gasteiger partial charge in [-0.25, -0.2) is 4.79 Å². The van der Waals surface area contributed by atoms with Crippen LogP contribution < -0.4 is 5.73 Å². The molecule has 1 saturated carbocycles. The van der Waals surface area contributed by atoms with Crippen molar-refractivity contribution in [1.29, 1.82) is 0 Å². The second kappa shape index (κ2) is 4.38. The monoisotopic (exact) mass is 256 g/mol. The van der Waals surface area contributed by atoms with Crippen molar-refractivity contribution >= 4 is 6.09 Å². The SMILES string of the molecule is CC(C)(C)OC(=O)N1CC(O)(C(N)C2CCC2)C1. The number of ether oxygens (including phenoxy) is 1. The van der Waals surface area contributed by atoms with Crippen LogP contribution in [0.5, 0.6) is 0 Å². The Morgan fingerprint density at radius 2 is 2.00 bits per heavy atom. The van der Waals surface area contributed by atoms with Crippen LogP contribution in [0.3, 0.4) is 0 Å². The lowest BCUT2D eigenvalue weighted by molar-refractivity contribution is -0.126. The Labute approximate surface area is 108 Å². The van der Waals surface area contributed by atoms with Crippen LogP contribution in [0, 0.1) is 5.92 Å². The van der Waals surface area contributed by atoms with Gasteiger partial charge in [0.1, 0.15) is 11.2 Å². The van der Waals surface area contributed by atoms with Gasteiger partial charge in [-0.1, -0.05) is 6.42 Å². The Morgan fingerprint density at radius 1 is 1.44 bits per heavy atom. The van der Waals surface area contributed by atoms with Crippen LogP contribution in [0.4, 0.5) is 4.79 Å². The molecular formula is C13H24N2O3. The molecule has 1 unspecified atom stereocenters. The molecule has 104 valence electrons. The average Bonchev–Trinajstić information content (AvgIpc) is 2.06. The smallest absolute Gasteiger partial charge is 0.410 e. The van der Waals surface area contributed by atoms with Gasteiger partial charge >= 0.3 is 6.09 Å². The Bertz CT molecular complexity index is 328. The number of likely N-dealkylation sites (tertiary alicyclic amines) is 1. The van der Waals surface area contributed by atoms with Crippen LogP contribution in [0.2, 0.25) is 0 Å². The van der Waals surface area contributed by atoms with Crippen LogP contribution in [-0.4, -0.2) is 46.4 Å². The first-order valence-electron chi connectivity index (χ1n) is 6.67. The van der Waals surface area contributed by atoms with Gasteiger partial charge in [-0.15, -0.1) is 0 Å². The highest BCUT2D eigenvalue weighted by molar-refractivity contribution is 5.69. The Morgan fingerprint density at radius 3 is 2.39 bits per heavy atom. The van der Waals surface area contributed by atoms with Crippen molar-refractivity contribution in [3.05, 3.63) is 0 Å². The number of hydrogen-bond acceptors (Lipinski definition) is 4. The molecule has 1 heterocycles. The van der Waals surface area contributed by atoms with E-state index in [1.165, 1.54) is 11.3 Å². The molecule has 18 heavy (non-hydrogen) atoms. The number of hydrogen-bond donors (Lipinski definition) is 2. The minimum atomic E-state index is -0.915. The highest BCUT2D eigenvalue weighted by atomic mass is 16.6. The fourth-order valence-corrected chi connectivity index (χ4v) is 2.52. The number of aliphatic hydroxyl groups is 1. The first kappa shape index (κ1) is 13.6. The topological polar surface area (TPSA) is 75.8 Å². The van der Waals surface area contributed by atoms with Crippen molar-refractivity contribution in [3.8, 4) is 0 Å². The Hall–Kier alpha value is -0.810. The van der Waals surface area contributed by atoms with E-state index in [9.17, 15) is 9.90 Å². The Kier molecular flexibility index (Phi) is 3.32. The summed E-state index contributed by atoms with van der Waals surface area (Å²) in [4.78, 5) is 13.3. The molecule has 2 fully saturated rings. The summed E-state index contributed by atoms with van der Waals surface area (Å²) < 4.78 is 5.25. The standard InChI is InChI=1S/C13H24N2O3/c1-12(2,3)18-11(16)15-7-13(17,8-15)10(14)9-5-4-6-9/h9-10,17H,4-8,14H2,1-3H3. The van der Waals surface area contributed by atoms with Gasteiger partial charge in [-0.05, 0) is 39.5 Å². The molecule has 2 aliphatic rings. The lowest BCUT2D eigenvalue weighted by Crippen LogP contribution is -2.73. The summed E-state index contributed by atoms with van der Waals surface area (Å²) in [5.41, 5.74) is 4.67. The molecule has 1 amide bonds. The predicted octanol–water partition coefficient (Wildman–Crippen LogP) is 1.10. The molecule has 0 bridgehead atoms. The highest BCUT2D eigenvalue weighted by Gasteiger charge is 2.51. The molecule has 1 saturated heterocycles. The van der Waals surface area contributed by atoms with Crippen molar-refractivity contribution < 1.29 is 14.6 Å². The minimum Gasteiger partial charge on any atom is -0.444 e. The second-order valence-electron chi connectivity index (χ2n) is 6.66.